The molecule has 1 unspecified atom stereocenters. The minimum Gasteiger partial charge on any atom is -0.468 e. The molecule has 4 nitrogen and oxygen atoms in total. The average Bonchev–Trinajstić information content (AvgIpc) is 2.35. The second-order valence-electron chi connectivity index (χ2n) is 3.34. The number of ketones is 1. The zero-order valence-electron chi connectivity index (χ0n) is 9.14. The predicted molar refractivity (Wildman–Crippen MR) is 64.2 cm³/mol. The van der Waals surface area contributed by atoms with Crippen LogP contribution in [0.15, 0.2) is 28.7 Å². The Morgan fingerprint density at radius 2 is 2.00 bits per heavy atom. The molecule has 1 rings (SSSR count). The van der Waals surface area contributed by atoms with Crippen LogP contribution in [0.1, 0.15) is 16.8 Å². The van der Waals surface area contributed by atoms with E-state index >= 15 is 0 Å². The van der Waals surface area contributed by atoms with Crippen molar-refractivity contribution in [1.29, 1.82) is 5.26 Å². The molecule has 5 heteroatoms. The third kappa shape index (κ3) is 3.68. The van der Waals surface area contributed by atoms with Gasteiger partial charge in [-0.05, 0) is 12.1 Å². The first-order chi connectivity index (χ1) is 8.08. The van der Waals surface area contributed by atoms with Crippen LogP contribution < -0.4 is 0 Å². The Bertz CT molecular complexity index is 462. The molecule has 0 aromatic heterocycles. The zero-order valence-corrected chi connectivity index (χ0v) is 10.7. The summed E-state index contributed by atoms with van der Waals surface area (Å²) in [7, 11) is 1.19. The van der Waals surface area contributed by atoms with Gasteiger partial charge < -0.3 is 4.74 Å². The van der Waals surface area contributed by atoms with E-state index in [4.69, 9.17) is 5.26 Å². The van der Waals surface area contributed by atoms with E-state index in [1.165, 1.54) is 7.11 Å². The van der Waals surface area contributed by atoms with Gasteiger partial charge >= 0.3 is 5.97 Å². The number of halogens is 1. The minimum atomic E-state index is -1.05. The van der Waals surface area contributed by atoms with E-state index < -0.39 is 11.9 Å². The summed E-state index contributed by atoms with van der Waals surface area (Å²) in [5.74, 6) is -1.98. The van der Waals surface area contributed by atoms with Crippen molar-refractivity contribution >= 4 is 27.7 Å². The second-order valence-corrected chi connectivity index (χ2v) is 4.25. The number of Topliss-reactive ketones (excluding diaryl/α,β-unsaturated/α-hetero) is 1. The molecule has 17 heavy (non-hydrogen) atoms. The van der Waals surface area contributed by atoms with Gasteiger partial charge in [0.1, 0.15) is 0 Å². The summed E-state index contributed by atoms with van der Waals surface area (Å²) in [4.78, 5) is 22.9. The van der Waals surface area contributed by atoms with E-state index in [2.05, 4.69) is 20.7 Å². The number of ether oxygens (including phenoxy) is 1. The summed E-state index contributed by atoms with van der Waals surface area (Å²) in [6.45, 7) is 0. The molecule has 0 radical (unpaired) electrons. The van der Waals surface area contributed by atoms with Crippen molar-refractivity contribution in [3.63, 3.8) is 0 Å². The Hall–Kier alpha value is -1.67. The van der Waals surface area contributed by atoms with Gasteiger partial charge in [0.15, 0.2) is 11.7 Å². The molecular weight excluding hydrogens is 286 g/mol. The third-order valence-corrected chi connectivity index (χ3v) is 2.73. The Morgan fingerprint density at radius 1 is 1.41 bits per heavy atom. The van der Waals surface area contributed by atoms with E-state index in [1.54, 1.807) is 30.3 Å². The maximum absolute atomic E-state index is 11.8. The molecule has 0 saturated carbocycles. The topological polar surface area (TPSA) is 67.2 Å². The highest BCUT2D eigenvalue weighted by atomic mass is 79.9. The van der Waals surface area contributed by atoms with E-state index in [-0.39, 0.29) is 12.2 Å². The van der Waals surface area contributed by atoms with Crippen molar-refractivity contribution in [2.75, 3.05) is 7.11 Å². The molecule has 88 valence electrons. The van der Waals surface area contributed by atoms with Gasteiger partial charge in [0, 0.05) is 16.5 Å². The molecule has 0 aliphatic carbocycles. The lowest BCUT2D eigenvalue weighted by Crippen LogP contribution is -2.18. The van der Waals surface area contributed by atoms with Gasteiger partial charge in [0.2, 0.25) is 0 Å². The lowest BCUT2D eigenvalue weighted by Gasteiger charge is -2.05. The molecule has 0 aliphatic rings. The summed E-state index contributed by atoms with van der Waals surface area (Å²) in [5.41, 5.74) is 0.470. The number of nitrogens with zero attached hydrogens (tertiary/aromatic N) is 1. The monoisotopic (exact) mass is 295 g/mol. The van der Waals surface area contributed by atoms with Gasteiger partial charge in [-0.1, -0.05) is 28.1 Å². The number of carbonyl (C=O) groups excluding carboxylic acids is 2. The Balaban J connectivity index is 2.75. The lowest BCUT2D eigenvalue weighted by atomic mass is 9.99. The quantitative estimate of drug-likeness (QED) is 0.631. The molecule has 0 heterocycles. The van der Waals surface area contributed by atoms with Gasteiger partial charge in [-0.15, -0.1) is 0 Å². The maximum atomic E-state index is 11.8. The van der Waals surface area contributed by atoms with Crippen LogP contribution in [-0.2, 0) is 9.53 Å². The summed E-state index contributed by atoms with van der Waals surface area (Å²) in [6, 6.07) is 8.49. The van der Waals surface area contributed by atoms with Crippen LogP contribution in [0.5, 0.6) is 0 Å². The van der Waals surface area contributed by atoms with Gasteiger partial charge in [0.25, 0.3) is 0 Å². The minimum absolute atomic E-state index is 0.162. The number of esters is 1. The van der Waals surface area contributed by atoms with Crippen molar-refractivity contribution in [3.8, 4) is 6.07 Å². The predicted octanol–water partition coefficient (Wildman–Crippen LogP) is 2.33. The van der Waals surface area contributed by atoms with E-state index in [1.807, 2.05) is 0 Å². The molecule has 0 aliphatic heterocycles. The van der Waals surface area contributed by atoms with Crippen LogP contribution >= 0.6 is 15.9 Å². The van der Waals surface area contributed by atoms with Gasteiger partial charge in [-0.25, -0.2) is 0 Å². The molecule has 0 bridgehead atoms. The Morgan fingerprint density at radius 3 is 2.47 bits per heavy atom. The normalized spacial score (nSPS) is 11.4. The summed E-state index contributed by atoms with van der Waals surface area (Å²) < 4.78 is 5.30. The zero-order chi connectivity index (χ0) is 12.8. The highest BCUT2D eigenvalue weighted by Gasteiger charge is 2.22. The number of nitriles is 1. The molecule has 0 fully saturated rings. The largest absolute Gasteiger partial charge is 0.468 e. The molecule has 1 aromatic carbocycles. The van der Waals surface area contributed by atoms with Crippen molar-refractivity contribution in [1.82, 2.24) is 0 Å². The molecule has 0 spiro atoms. The van der Waals surface area contributed by atoms with Crippen LogP contribution in [0.2, 0.25) is 0 Å². The van der Waals surface area contributed by atoms with Gasteiger partial charge in [-0.3, -0.25) is 9.59 Å². The fourth-order valence-electron chi connectivity index (χ4n) is 1.26. The number of hydrogen-bond acceptors (Lipinski definition) is 4. The van der Waals surface area contributed by atoms with Crippen LogP contribution in [0.3, 0.4) is 0 Å². The number of carbonyl (C=O) groups is 2. The second kappa shape index (κ2) is 6.16. The number of hydrogen-bond donors (Lipinski definition) is 0. The van der Waals surface area contributed by atoms with E-state index in [0.717, 1.165) is 4.47 Å². The first-order valence-corrected chi connectivity index (χ1v) is 5.64. The maximum Gasteiger partial charge on any atom is 0.323 e. The van der Waals surface area contributed by atoms with Gasteiger partial charge in [0.05, 0.1) is 13.2 Å². The van der Waals surface area contributed by atoms with E-state index in [9.17, 15) is 9.59 Å². The fraction of sp³-hybridized carbons (Fsp3) is 0.250. The number of benzene rings is 1. The smallest absolute Gasteiger partial charge is 0.323 e. The standard InChI is InChI=1S/C12H10BrNO3/c1-17-12(16)9(7-14)6-11(15)8-2-4-10(13)5-3-8/h2-5,9H,6H2,1H3. The SMILES string of the molecule is COC(=O)C(C#N)CC(=O)c1ccc(Br)cc1. The average molecular weight is 296 g/mol. The molecule has 0 saturated heterocycles. The first kappa shape index (κ1) is 13.4. The third-order valence-electron chi connectivity index (χ3n) is 2.20. The van der Waals surface area contributed by atoms with Crippen LogP contribution in [0.25, 0.3) is 0 Å². The summed E-state index contributed by atoms with van der Waals surface area (Å²) in [5, 5.41) is 8.76. The molecular formula is C12H10BrNO3. The van der Waals surface area contributed by atoms with Crippen molar-refractivity contribution in [2.24, 2.45) is 5.92 Å². The van der Waals surface area contributed by atoms with Crippen LogP contribution in [-0.4, -0.2) is 18.9 Å². The van der Waals surface area contributed by atoms with Crippen molar-refractivity contribution in [3.05, 3.63) is 34.3 Å². The highest BCUT2D eigenvalue weighted by Crippen LogP contribution is 2.14. The molecule has 0 N–H and O–H groups in total. The molecule has 1 atom stereocenters. The molecule has 0 amide bonds. The number of methoxy groups -OCH3 is 1. The van der Waals surface area contributed by atoms with Gasteiger partial charge in [-0.2, -0.15) is 5.26 Å². The number of rotatable bonds is 4. The Labute approximate surface area is 107 Å². The Kier molecular flexibility index (Phi) is 4.85. The lowest BCUT2D eigenvalue weighted by molar-refractivity contribution is -0.143. The summed E-state index contributed by atoms with van der Waals surface area (Å²) >= 11 is 3.26. The van der Waals surface area contributed by atoms with Crippen LogP contribution in [0.4, 0.5) is 0 Å². The van der Waals surface area contributed by atoms with E-state index in [0.29, 0.717) is 5.56 Å². The van der Waals surface area contributed by atoms with Crippen molar-refractivity contribution < 1.29 is 14.3 Å². The van der Waals surface area contributed by atoms with Crippen LogP contribution in [0, 0.1) is 17.2 Å². The highest BCUT2D eigenvalue weighted by molar-refractivity contribution is 9.10. The fourth-order valence-corrected chi connectivity index (χ4v) is 1.53. The van der Waals surface area contributed by atoms with Crippen molar-refractivity contribution in [2.45, 2.75) is 6.42 Å². The molecule has 1 aromatic rings. The summed E-state index contributed by atoms with van der Waals surface area (Å²) in [6.07, 6.45) is -0.162. The first-order valence-electron chi connectivity index (χ1n) is 4.84.